The minimum Gasteiger partial charge on any atom is -0.394 e. The number of carbonyl (C=O) groups excluding carboxylic acids is 1. The van der Waals surface area contributed by atoms with Crippen LogP contribution in [0.3, 0.4) is 0 Å². The lowest BCUT2D eigenvalue weighted by molar-refractivity contribution is -0.317. The van der Waals surface area contributed by atoms with Crippen LogP contribution in [0.15, 0.2) is 23.3 Å². The van der Waals surface area contributed by atoms with Gasteiger partial charge in [-0.1, -0.05) is 19.9 Å². The molecule has 0 aromatic heterocycles. The Bertz CT molecular complexity index is 809. The molecule has 0 spiro atoms. The summed E-state index contributed by atoms with van der Waals surface area (Å²) in [5.41, 5.74) is 1.63. The zero-order valence-electron chi connectivity index (χ0n) is 20.5. The van der Waals surface area contributed by atoms with Crippen LogP contribution >= 0.6 is 0 Å². The maximum atomic E-state index is 11.5. The zero-order valence-corrected chi connectivity index (χ0v) is 20.5. The Morgan fingerprint density at radius 2 is 1.60 bits per heavy atom. The van der Waals surface area contributed by atoms with Gasteiger partial charge in [-0.25, -0.2) is 0 Å². The van der Waals surface area contributed by atoms with Gasteiger partial charge in [0.2, 0.25) is 0 Å². The fraction of sp³-hybridized carbons (Fsp3) is 0.792. The molecule has 11 nitrogen and oxygen atoms in total. The lowest BCUT2D eigenvalue weighted by atomic mass is 9.71. The number of hydrogen-bond acceptors (Lipinski definition) is 11. The average molecular weight is 503 g/mol. The monoisotopic (exact) mass is 502 g/mol. The van der Waals surface area contributed by atoms with Crippen LogP contribution in [-0.4, -0.2) is 111 Å². The van der Waals surface area contributed by atoms with Crippen LogP contribution in [0.5, 0.6) is 0 Å². The van der Waals surface area contributed by atoms with Gasteiger partial charge in [0.05, 0.1) is 19.3 Å². The van der Waals surface area contributed by atoms with Crippen LogP contribution in [-0.2, 0) is 23.7 Å². The lowest BCUT2D eigenvalue weighted by Gasteiger charge is -2.43. The standard InChI is InChI=1S/C24H38O11/c1-11(26)5-6-13-12(2)14(7-8-24(13,3)4)33-23-21(31)19(29)18(28)16(35-23)10-32-22-20(30)17(27)15(9-25)34-22/h5-6,14-23,25,27-31H,7-10H2,1-4H3/b6-5+/t14-,15-,16+,17-,18+,19-,20+,21+,22+,23+/m0/s1. The first-order valence-corrected chi connectivity index (χ1v) is 11.9. The van der Waals surface area contributed by atoms with Crippen LogP contribution in [0.2, 0.25) is 0 Å². The van der Waals surface area contributed by atoms with Gasteiger partial charge in [0, 0.05) is 0 Å². The maximum absolute atomic E-state index is 11.5. The molecular weight excluding hydrogens is 464 g/mol. The van der Waals surface area contributed by atoms with Crippen molar-refractivity contribution in [1.29, 1.82) is 0 Å². The SMILES string of the molecule is CC(=O)/C=C/C1=C(C)[C@@H](O[C@@H]2O[C@H](CO[C@@H]3O[C@@H](CO)[C@H](O)[C@H]3O)[C@@H](O)[C@H](O)[C@H]2O)CCC1(C)C. The van der Waals surface area contributed by atoms with E-state index in [2.05, 4.69) is 13.8 Å². The van der Waals surface area contributed by atoms with Crippen molar-refractivity contribution in [2.45, 2.75) is 102 Å². The second kappa shape index (κ2) is 11.4. The molecule has 3 rings (SSSR count). The molecule has 2 aliphatic heterocycles. The predicted molar refractivity (Wildman–Crippen MR) is 121 cm³/mol. The molecule has 0 aromatic carbocycles. The molecule has 2 saturated heterocycles. The normalized spacial score (nSPS) is 42.1. The van der Waals surface area contributed by atoms with Crippen LogP contribution in [0.4, 0.5) is 0 Å². The molecule has 0 aromatic rings. The Balaban J connectivity index is 1.70. The van der Waals surface area contributed by atoms with Gasteiger partial charge in [0.25, 0.3) is 0 Å². The van der Waals surface area contributed by atoms with E-state index in [0.29, 0.717) is 6.42 Å². The summed E-state index contributed by atoms with van der Waals surface area (Å²) in [6.07, 6.45) is -7.94. The summed E-state index contributed by atoms with van der Waals surface area (Å²) in [5.74, 6) is -0.0793. The summed E-state index contributed by atoms with van der Waals surface area (Å²) in [7, 11) is 0. The van der Waals surface area contributed by atoms with Crippen molar-refractivity contribution >= 4 is 5.78 Å². The third-order valence-corrected chi connectivity index (χ3v) is 7.04. The zero-order chi connectivity index (χ0) is 26.1. The highest BCUT2D eigenvalue weighted by Gasteiger charge is 2.48. The van der Waals surface area contributed by atoms with E-state index >= 15 is 0 Å². The molecule has 35 heavy (non-hydrogen) atoms. The lowest BCUT2D eigenvalue weighted by Crippen LogP contribution is -2.60. The maximum Gasteiger partial charge on any atom is 0.187 e. The smallest absolute Gasteiger partial charge is 0.187 e. The van der Waals surface area contributed by atoms with E-state index in [1.165, 1.54) is 13.0 Å². The van der Waals surface area contributed by atoms with Gasteiger partial charge < -0.3 is 49.6 Å². The van der Waals surface area contributed by atoms with Crippen molar-refractivity contribution in [2.75, 3.05) is 13.2 Å². The van der Waals surface area contributed by atoms with E-state index in [-0.39, 0.29) is 17.8 Å². The summed E-state index contributed by atoms with van der Waals surface area (Å²) in [6, 6.07) is 0. The first-order chi connectivity index (χ1) is 16.4. The number of carbonyl (C=O) groups is 1. The van der Waals surface area contributed by atoms with Gasteiger partial charge in [-0.05, 0) is 49.3 Å². The quantitative estimate of drug-likeness (QED) is 0.223. The fourth-order valence-corrected chi connectivity index (χ4v) is 4.80. The summed E-state index contributed by atoms with van der Waals surface area (Å²) < 4.78 is 22.5. The molecule has 2 fully saturated rings. The number of ketones is 1. The Hall–Kier alpha value is -1.25. The highest BCUT2D eigenvalue weighted by molar-refractivity contribution is 5.87. The number of allylic oxidation sites excluding steroid dienone is 3. The number of hydrogen-bond donors (Lipinski definition) is 6. The Morgan fingerprint density at radius 3 is 2.20 bits per heavy atom. The largest absolute Gasteiger partial charge is 0.394 e. The van der Waals surface area contributed by atoms with Crippen LogP contribution < -0.4 is 0 Å². The fourth-order valence-electron chi connectivity index (χ4n) is 4.80. The second-order valence-corrected chi connectivity index (χ2v) is 10.1. The van der Waals surface area contributed by atoms with Crippen LogP contribution in [0, 0.1) is 5.41 Å². The third-order valence-electron chi connectivity index (χ3n) is 7.04. The predicted octanol–water partition coefficient (Wildman–Crippen LogP) is -1.08. The molecule has 10 atom stereocenters. The minimum absolute atomic E-state index is 0.0793. The summed E-state index contributed by atoms with van der Waals surface area (Å²) in [5, 5.41) is 60.4. The van der Waals surface area contributed by atoms with Gasteiger partial charge in [-0.15, -0.1) is 0 Å². The molecule has 0 radical (unpaired) electrons. The van der Waals surface area contributed by atoms with E-state index in [1.807, 2.05) is 6.92 Å². The molecule has 2 heterocycles. The molecule has 0 saturated carbocycles. The molecule has 0 bridgehead atoms. The van der Waals surface area contributed by atoms with Crippen molar-refractivity contribution in [3.05, 3.63) is 23.3 Å². The number of aliphatic hydroxyl groups is 6. The van der Waals surface area contributed by atoms with Gasteiger partial charge >= 0.3 is 0 Å². The Kier molecular flexibility index (Phi) is 9.25. The molecular formula is C24H38O11. The van der Waals surface area contributed by atoms with E-state index in [1.54, 1.807) is 6.08 Å². The van der Waals surface area contributed by atoms with Crippen molar-refractivity contribution < 1.29 is 54.4 Å². The third kappa shape index (κ3) is 6.19. The summed E-state index contributed by atoms with van der Waals surface area (Å²) in [6.45, 7) is 6.63. The number of aliphatic hydroxyl groups excluding tert-OH is 6. The number of rotatable bonds is 8. The summed E-state index contributed by atoms with van der Waals surface area (Å²) in [4.78, 5) is 11.5. The summed E-state index contributed by atoms with van der Waals surface area (Å²) >= 11 is 0. The molecule has 3 aliphatic rings. The van der Waals surface area contributed by atoms with Crippen molar-refractivity contribution in [1.82, 2.24) is 0 Å². The minimum atomic E-state index is -1.59. The highest BCUT2D eigenvalue weighted by atomic mass is 16.7. The topological polar surface area (TPSA) is 175 Å². The van der Waals surface area contributed by atoms with Crippen molar-refractivity contribution in [3.63, 3.8) is 0 Å². The van der Waals surface area contributed by atoms with Crippen molar-refractivity contribution in [2.24, 2.45) is 5.41 Å². The molecule has 0 amide bonds. The first-order valence-electron chi connectivity index (χ1n) is 11.9. The number of ether oxygens (including phenoxy) is 4. The van der Waals surface area contributed by atoms with Crippen LogP contribution in [0.1, 0.15) is 40.5 Å². The average Bonchev–Trinajstić information content (AvgIpc) is 3.07. The van der Waals surface area contributed by atoms with Gasteiger partial charge in [0.15, 0.2) is 18.4 Å². The van der Waals surface area contributed by atoms with E-state index < -0.39 is 68.0 Å². The highest BCUT2D eigenvalue weighted by Crippen LogP contribution is 2.42. The molecule has 200 valence electrons. The molecule has 1 aliphatic carbocycles. The molecule has 11 heteroatoms. The molecule has 0 unspecified atom stereocenters. The van der Waals surface area contributed by atoms with Crippen molar-refractivity contribution in [3.8, 4) is 0 Å². The van der Waals surface area contributed by atoms with Gasteiger partial charge in [0.1, 0.15) is 42.7 Å². The molecule has 6 N–H and O–H groups in total. The van der Waals surface area contributed by atoms with E-state index in [0.717, 1.165) is 17.6 Å². The van der Waals surface area contributed by atoms with E-state index in [9.17, 15) is 35.4 Å². The van der Waals surface area contributed by atoms with Crippen LogP contribution in [0.25, 0.3) is 0 Å². The van der Waals surface area contributed by atoms with E-state index in [4.69, 9.17) is 18.9 Å². The Labute approximate surface area is 204 Å². The Morgan fingerprint density at radius 1 is 1.00 bits per heavy atom. The van der Waals surface area contributed by atoms with Gasteiger partial charge in [-0.2, -0.15) is 0 Å². The first kappa shape index (κ1) is 28.3. The second-order valence-electron chi connectivity index (χ2n) is 10.1. The van der Waals surface area contributed by atoms with Gasteiger partial charge in [-0.3, -0.25) is 4.79 Å².